The number of hydrogen-bond acceptors (Lipinski definition) is 8. The van der Waals surface area contributed by atoms with E-state index < -0.39 is 61.1 Å². The number of ether oxygens (including phenoxy) is 1. The summed E-state index contributed by atoms with van der Waals surface area (Å²) in [5.41, 5.74) is 0.0761. The summed E-state index contributed by atoms with van der Waals surface area (Å²) in [6, 6.07) is -1.34. The number of carboxylic acids is 1. The van der Waals surface area contributed by atoms with Gasteiger partial charge in [-0.05, 0) is 6.92 Å². The first kappa shape index (κ1) is 19.5. The van der Waals surface area contributed by atoms with Gasteiger partial charge in [-0.3, -0.25) is 4.79 Å². The van der Waals surface area contributed by atoms with E-state index in [1.165, 1.54) is 6.92 Å². The topological polar surface area (TPSA) is 177 Å². The second-order valence-corrected chi connectivity index (χ2v) is 5.46. The third-order valence-electron chi connectivity index (χ3n) is 3.52. The Balaban J connectivity index is 3.12. The standard InChI is InChI=1S/C13H21NO9/c1-5(2)11(19)14-8-6(16)3-13(22,12(20)21)23-10(8)9(18)7(17)4-15/h6-10,15-18,22H,1,3-4H2,2H3,(H,14,19)(H,20,21)/t6-,7+,8+,9+,10+,13-/m0/s1. The van der Waals surface area contributed by atoms with Crippen molar-refractivity contribution in [3.63, 3.8) is 0 Å². The molecule has 0 radical (unpaired) electrons. The molecule has 23 heavy (non-hydrogen) atoms. The van der Waals surface area contributed by atoms with Crippen LogP contribution in [-0.2, 0) is 14.3 Å². The molecule has 0 aromatic carbocycles. The number of hydrogen-bond donors (Lipinski definition) is 7. The minimum absolute atomic E-state index is 0.0761. The lowest BCUT2D eigenvalue weighted by molar-refractivity contribution is -0.295. The molecule has 0 unspecified atom stereocenters. The van der Waals surface area contributed by atoms with Gasteiger partial charge in [0.05, 0.1) is 18.8 Å². The van der Waals surface area contributed by atoms with E-state index in [0.717, 1.165) is 0 Å². The summed E-state index contributed by atoms with van der Waals surface area (Å²) in [5, 5.41) is 59.6. The highest BCUT2D eigenvalue weighted by molar-refractivity contribution is 5.92. The number of carbonyl (C=O) groups excluding carboxylic acids is 1. The number of carboxylic acid groups (broad SMARTS) is 1. The monoisotopic (exact) mass is 335 g/mol. The van der Waals surface area contributed by atoms with E-state index in [1.807, 2.05) is 0 Å². The van der Waals surface area contributed by atoms with Gasteiger partial charge in [0.2, 0.25) is 5.91 Å². The van der Waals surface area contributed by atoms with Crippen molar-refractivity contribution in [3.8, 4) is 0 Å². The first-order valence-electron chi connectivity index (χ1n) is 6.78. The van der Waals surface area contributed by atoms with Gasteiger partial charge < -0.3 is 40.7 Å². The molecule has 1 aliphatic rings. The molecule has 0 spiro atoms. The van der Waals surface area contributed by atoms with Crippen LogP contribution in [-0.4, -0.2) is 85.4 Å². The Morgan fingerprint density at radius 1 is 1.43 bits per heavy atom. The second kappa shape index (κ2) is 7.34. The molecule has 0 saturated carbocycles. The maximum Gasteiger partial charge on any atom is 0.364 e. The van der Waals surface area contributed by atoms with Crippen LogP contribution in [0.4, 0.5) is 0 Å². The average Bonchev–Trinajstić information content (AvgIpc) is 2.47. The summed E-state index contributed by atoms with van der Waals surface area (Å²) in [4.78, 5) is 22.8. The molecule has 10 heteroatoms. The van der Waals surface area contributed by atoms with Gasteiger partial charge in [-0.25, -0.2) is 4.79 Å². The van der Waals surface area contributed by atoms with Gasteiger partial charge in [0.15, 0.2) is 0 Å². The molecule has 7 N–H and O–H groups in total. The fourth-order valence-electron chi connectivity index (χ4n) is 2.18. The van der Waals surface area contributed by atoms with Crippen LogP contribution < -0.4 is 5.32 Å². The zero-order valence-corrected chi connectivity index (χ0v) is 12.4. The predicted molar refractivity (Wildman–Crippen MR) is 73.9 cm³/mol. The summed E-state index contributed by atoms with van der Waals surface area (Å²) < 4.78 is 4.91. The van der Waals surface area contributed by atoms with Crippen molar-refractivity contribution in [2.45, 2.75) is 49.6 Å². The van der Waals surface area contributed by atoms with Gasteiger partial charge in [0, 0.05) is 12.0 Å². The summed E-state index contributed by atoms with van der Waals surface area (Å²) in [7, 11) is 0. The number of aliphatic carboxylic acids is 1. The Morgan fingerprint density at radius 3 is 2.43 bits per heavy atom. The lowest BCUT2D eigenvalue weighted by atomic mass is 9.88. The Bertz CT molecular complexity index is 482. The van der Waals surface area contributed by atoms with Crippen molar-refractivity contribution in [3.05, 3.63) is 12.2 Å². The highest BCUT2D eigenvalue weighted by Gasteiger charge is 2.53. The van der Waals surface area contributed by atoms with Crippen molar-refractivity contribution in [2.24, 2.45) is 0 Å². The van der Waals surface area contributed by atoms with Gasteiger partial charge >= 0.3 is 5.97 Å². The maximum absolute atomic E-state index is 11.7. The molecule has 10 nitrogen and oxygen atoms in total. The normalized spacial score (nSPS) is 33.6. The number of aliphatic hydroxyl groups is 5. The number of aliphatic hydroxyl groups excluding tert-OH is 4. The Labute approximate surface area is 131 Å². The van der Waals surface area contributed by atoms with Crippen LogP contribution in [0.15, 0.2) is 12.2 Å². The molecule has 1 aliphatic heterocycles. The molecule has 0 aliphatic carbocycles. The minimum Gasteiger partial charge on any atom is -0.477 e. The third-order valence-corrected chi connectivity index (χ3v) is 3.52. The maximum atomic E-state index is 11.7. The van der Waals surface area contributed by atoms with Crippen LogP contribution in [0.2, 0.25) is 0 Å². The van der Waals surface area contributed by atoms with Crippen molar-refractivity contribution >= 4 is 11.9 Å². The minimum atomic E-state index is -2.81. The van der Waals surface area contributed by atoms with Crippen LogP contribution >= 0.6 is 0 Å². The fraction of sp³-hybridized carbons (Fsp3) is 0.692. The number of nitrogens with one attached hydrogen (secondary N) is 1. The molecule has 1 heterocycles. The highest BCUT2D eigenvalue weighted by Crippen LogP contribution is 2.30. The smallest absolute Gasteiger partial charge is 0.364 e. The van der Waals surface area contributed by atoms with Crippen molar-refractivity contribution in [2.75, 3.05) is 6.61 Å². The molecule has 1 rings (SSSR count). The van der Waals surface area contributed by atoms with E-state index in [4.69, 9.17) is 14.9 Å². The zero-order chi connectivity index (χ0) is 17.9. The summed E-state index contributed by atoms with van der Waals surface area (Å²) in [6.07, 6.45) is -7.69. The van der Waals surface area contributed by atoms with E-state index in [-0.39, 0.29) is 5.57 Å². The van der Waals surface area contributed by atoms with E-state index >= 15 is 0 Å². The average molecular weight is 335 g/mol. The molecule has 0 aromatic rings. The van der Waals surface area contributed by atoms with Crippen molar-refractivity contribution in [1.29, 1.82) is 0 Å². The fourth-order valence-corrected chi connectivity index (χ4v) is 2.18. The van der Waals surface area contributed by atoms with E-state index in [2.05, 4.69) is 11.9 Å². The van der Waals surface area contributed by atoms with Crippen LogP contribution in [0.5, 0.6) is 0 Å². The molecule has 0 bridgehead atoms. The van der Waals surface area contributed by atoms with Gasteiger partial charge in [0.1, 0.15) is 18.3 Å². The van der Waals surface area contributed by atoms with Gasteiger partial charge in [-0.1, -0.05) is 6.58 Å². The number of amides is 1. The van der Waals surface area contributed by atoms with Crippen molar-refractivity contribution in [1.82, 2.24) is 5.32 Å². The molecule has 0 aromatic heterocycles. The van der Waals surface area contributed by atoms with Crippen LogP contribution in [0, 0.1) is 0 Å². The predicted octanol–water partition coefficient (Wildman–Crippen LogP) is -3.32. The number of rotatable bonds is 6. The molecule has 1 saturated heterocycles. The lowest BCUT2D eigenvalue weighted by Crippen LogP contribution is -2.67. The quantitative estimate of drug-likeness (QED) is 0.245. The summed E-state index contributed by atoms with van der Waals surface area (Å²) >= 11 is 0. The highest BCUT2D eigenvalue weighted by atomic mass is 16.7. The Kier molecular flexibility index (Phi) is 6.22. The largest absolute Gasteiger partial charge is 0.477 e. The van der Waals surface area contributed by atoms with Gasteiger partial charge in [0.25, 0.3) is 5.79 Å². The van der Waals surface area contributed by atoms with Crippen LogP contribution in [0.25, 0.3) is 0 Å². The first-order chi connectivity index (χ1) is 10.5. The molecular weight excluding hydrogens is 314 g/mol. The van der Waals surface area contributed by atoms with Crippen molar-refractivity contribution < 1.29 is 45.0 Å². The summed E-state index contributed by atoms with van der Waals surface area (Å²) in [6.45, 7) is 3.89. The van der Waals surface area contributed by atoms with Crippen LogP contribution in [0.3, 0.4) is 0 Å². The van der Waals surface area contributed by atoms with Gasteiger partial charge in [-0.2, -0.15) is 0 Å². The third kappa shape index (κ3) is 4.25. The molecular formula is C13H21NO9. The SMILES string of the molecule is C=C(C)C(=O)N[C@H]1[C@H]([C@H](O)[C@H](O)CO)O[C@](O)(C(=O)O)C[C@@H]1O. The Morgan fingerprint density at radius 2 is 2.00 bits per heavy atom. The molecule has 6 atom stereocenters. The summed E-state index contributed by atoms with van der Waals surface area (Å²) in [5.74, 6) is -5.32. The lowest BCUT2D eigenvalue weighted by Gasteiger charge is -2.44. The molecule has 132 valence electrons. The van der Waals surface area contributed by atoms with E-state index in [1.54, 1.807) is 0 Å². The number of carbonyl (C=O) groups is 2. The molecule has 1 amide bonds. The van der Waals surface area contributed by atoms with Crippen LogP contribution in [0.1, 0.15) is 13.3 Å². The van der Waals surface area contributed by atoms with E-state index in [9.17, 15) is 30.0 Å². The van der Waals surface area contributed by atoms with E-state index in [0.29, 0.717) is 0 Å². The first-order valence-corrected chi connectivity index (χ1v) is 6.78. The van der Waals surface area contributed by atoms with Gasteiger partial charge in [-0.15, -0.1) is 0 Å². The Hall–Kier alpha value is -1.56. The zero-order valence-electron chi connectivity index (χ0n) is 12.4. The molecule has 1 fully saturated rings. The second-order valence-electron chi connectivity index (χ2n) is 5.46.